The van der Waals surface area contributed by atoms with Crippen molar-refractivity contribution in [1.29, 1.82) is 0 Å². The van der Waals surface area contributed by atoms with Crippen LogP contribution < -0.4 is 0 Å². The number of hydrogen-bond donors (Lipinski definition) is 0. The molecule has 92 valence electrons. The SMILES string of the molecule is CCCCC(CCC)N(C(C)C)C(C)C. The summed E-state index contributed by atoms with van der Waals surface area (Å²) in [6.45, 7) is 13.9. The van der Waals surface area contributed by atoms with Gasteiger partial charge in [0.25, 0.3) is 0 Å². The molecule has 0 N–H and O–H groups in total. The molecule has 0 saturated heterocycles. The molecule has 0 spiro atoms. The number of nitrogens with zero attached hydrogens (tertiary/aromatic N) is 1. The van der Waals surface area contributed by atoms with Crippen LogP contribution in [0.4, 0.5) is 0 Å². The minimum atomic E-state index is 0.679. The maximum atomic E-state index is 2.69. The molecule has 0 aliphatic rings. The van der Waals surface area contributed by atoms with Crippen molar-refractivity contribution >= 4 is 0 Å². The van der Waals surface area contributed by atoms with Gasteiger partial charge in [-0.05, 0) is 40.5 Å². The standard InChI is InChI=1S/C14H31N/c1-7-9-11-14(10-8-2)15(12(3)4)13(5)6/h12-14H,7-11H2,1-6H3. The van der Waals surface area contributed by atoms with E-state index in [2.05, 4.69) is 46.4 Å². The molecule has 0 aromatic rings. The fourth-order valence-corrected chi connectivity index (χ4v) is 2.66. The maximum Gasteiger partial charge on any atom is 0.0101 e. The highest BCUT2D eigenvalue weighted by atomic mass is 15.2. The summed E-state index contributed by atoms with van der Waals surface area (Å²) in [5, 5.41) is 0. The molecule has 0 amide bonds. The summed E-state index contributed by atoms with van der Waals surface area (Å²) < 4.78 is 0. The molecule has 1 heteroatoms. The molecule has 0 saturated carbocycles. The van der Waals surface area contributed by atoms with Crippen LogP contribution in [0.15, 0.2) is 0 Å². The third-order valence-corrected chi connectivity index (χ3v) is 3.13. The van der Waals surface area contributed by atoms with Gasteiger partial charge in [-0.1, -0.05) is 33.1 Å². The Bertz CT molecular complexity index is 132. The molecule has 0 rings (SSSR count). The van der Waals surface area contributed by atoms with E-state index in [0.29, 0.717) is 12.1 Å². The van der Waals surface area contributed by atoms with Gasteiger partial charge in [0.1, 0.15) is 0 Å². The van der Waals surface area contributed by atoms with Crippen molar-refractivity contribution in [3.63, 3.8) is 0 Å². The molecular formula is C14H31N. The molecule has 1 atom stereocenters. The van der Waals surface area contributed by atoms with Gasteiger partial charge in [-0.15, -0.1) is 0 Å². The average Bonchev–Trinajstić information content (AvgIpc) is 2.13. The number of unbranched alkanes of at least 4 members (excludes halogenated alkanes) is 1. The quantitative estimate of drug-likeness (QED) is 0.575. The Hall–Kier alpha value is -0.0400. The average molecular weight is 213 g/mol. The van der Waals surface area contributed by atoms with Gasteiger partial charge in [0.05, 0.1) is 0 Å². The van der Waals surface area contributed by atoms with E-state index < -0.39 is 0 Å². The van der Waals surface area contributed by atoms with E-state index >= 15 is 0 Å². The summed E-state index contributed by atoms with van der Waals surface area (Å²) in [7, 11) is 0. The van der Waals surface area contributed by atoms with Gasteiger partial charge >= 0.3 is 0 Å². The van der Waals surface area contributed by atoms with Crippen LogP contribution in [0.25, 0.3) is 0 Å². The Kier molecular flexibility index (Phi) is 8.13. The largest absolute Gasteiger partial charge is 0.296 e. The van der Waals surface area contributed by atoms with Crippen molar-refractivity contribution in [3.8, 4) is 0 Å². The third-order valence-electron chi connectivity index (χ3n) is 3.13. The van der Waals surface area contributed by atoms with Crippen LogP contribution in [0.5, 0.6) is 0 Å². The smallest absolute Gasteiger partial charge is 0.0101 e. The fraction of sp³-hybridized carbons (Fsp3) is 1.00. The lowest BCUT2D eigenvalue weighted by molar-refractivity contribution is 0.0978. The van der Waals surface area contributed by atoms with Crippen molar-refractivity contribution in [2.45, 2.75) is 91.8 Å². The molecule has 0 fully saturated rings. The first kappa shape index (κ1) is 15.0. The summed E-state index contributed by atoms with van der Waals surface area (Å²) in [4.78, 5) is 2.69. The lowest BCUT2D eigenvalue weighted by atomic mass is 10.00. The van der Waals surface area contributed by atoms with Gasteiger partial charge in [-0.25, -0.2) is 0 Å². The zero-order chi connectivity index (χ0) is 11.8. The zero-order valence-electron chi connectivity index (χ0n) is 11.7. The zero-order valence-corrected chi connectivity index (χ0v) is 11.7. The van der Waals surface area contributed by atoms with Crippen LogP contribution in [-0.2, 0) is 0 Å². The normalized spacial score (nSPS) is 14.2. The minimum Gasteiger partial charge on any atom is -0.296 e. The predicted molar refractivity (Wildman–Crippen MR) is 70.3 cm³/mol. The van der Waals surface area contributed by atoms with Crippen LogP contribution in [0, 0.1) is 0 Å². The molecule has 0 aromatic carbocycles. The molecule has 0 radical (unpaired) electrons. The van der Waals surface area contributed by atoms with Crippen LogP contribution in [0.1, 0.15) is 73.6 Å². The Morgan fingerprint density at radius 3 is 1.67 bits per heavy atom. The van der Waals surface area contributed by atoms with E-state index in [4.69, 9.17) is 0 Å². The van der Waals surface area contributed by atoms with E-state index in [1.165, 1.54) is 32.1 Å². The highest BCUT2D eigenvalue weighted by molar-refractivity contribution is 4.77. The first-order chi connectivity index (χ1) is 7.04. The van der Waals surface area contributed by atoms with E-state index in [9.17, 15) is 0 Å². The summed E-state index contributed by atoms with van der Waals surface area (Å²) in [6, 6.07) is 2.16. The minimum absolute atomic E-state index is 0.679. The summed E-state index contributed by atoms with van der Waals surface area (Å²) in [5.41, 5.74) is 0. The van der Waals surface area contributed by atoms with E-state index in [1.54, 1.807) is 0 Å². The molecular weight excluding hydrogens is 182 g/mol. The van der Waals surface area contributed by atoms with Crippen molar-refractivity contribution in [3.05, 3.63) is 0 Å². The monoisotopic (exact) mass is 213 g/mol. The first-order valence-electron chi connectivity index (χ1n) is 6.81. The molecule has 0 aliphatic heterocycles. The van der Waals surface area contributed by atoms with Crippen LogP contribution in [-0.4, -0.2) is 23.0 Å². The Balaban J connectivity index is 4.37. The Morgan fingerprint density at radius 1 is 0.800 bits per heavy atom. The highest BCUT2D eigenvalue weighted by Crippen LogP contribution is 2.19. The third kappa shape index (κ3) is 5.55. The lowest BCUT2D eigenvalue weighted by Crippen LogP contribution is -2.45. The molecule has 0 heterocycles. The van der Waals surface area contributed by atoms with E-state index in [1.807, 2.05) is 0 Å². The van der Waals surface area contributed by atoms with E-state index in [0.717, 1.165) is 6.04 Å². The maximum absolute atomic E-state index is 2.69. The second-order valence-electron chi connectivity index (χ2n) is 5.22. The lowest BCUT2D eigenvalue weighted by Gasteiger charge is -2.38. The van der Waals surface area contributed by atoms with Crippen LogP contribution in [0.3, 0.4) is 0 Å². The number of hydrogen-bond acceptors (Lipinski definition) is 1. The summed E-state index contributed by atoms with van der Waals surface area (Å²) in [6.07, 6.45) is 6.74. The molecule has 0 bridgehead atoms. The Labute approximate surface area is 97.2 Å². The first-order valence-corrected chi connectivity index (χ1v) is 6.81. The van der Waals surface area contributed by atoms with Crippen molar-refractivity contribution in [2.75, 3.05) is 0 Å². The molecule has 0 aromatic heterocycles. The Morgan fingerprint density at radius 2 is 1.33 bits per heavy atom. The van der Waals surface area contributed by atoms with Crippen LogP contribution in [0.2, 0.25) is 0 Å². The van der Waals surface area contributed by atoms with Crippen LogP contribution >= 0.6 is 0 Å². The predicted octanol–water partition coefficient (Wildman–Crippen LogP) is 4.46. The summed E-state index contributed by atoms with van der Waals surface area (Å²) in [5.74, 6) is 0. The van der Waals surface area contributed by atoms with E-state index in [-0.39, 0.29) is 0 Å². The molecule has 0 aliphatic carbocycles. The number of rotatable bonds is 8. The van der Waals surface area contributed by atoms with Gasteiger partial charge in [0.15, 0.2) is 0 Å². The second-order valence-corrected chi connectivity index (χ2v) is 5.22. The molecule has 1 nitrogen and oxygen atoms in total. The second kappa shape index (κ2) is 8.15. The fourth-order valence-electron chi connectivity index (χ4n) is 2.66. The van der Waals surface area contributed by atoms with Crippen molar-refractivity contribution < 1.29 is 0 Å². The van der Waals surface area contributed by atoms with Crippen molar-refractivity contribution in [2.24, 2.45) is 0 Å². The van der Waals surface area contributed by atoms with Gasteiger partial charge in [0.2, 0.25) is 0 Å². The van der Waals surface area contributed by atoms with Gasteiger partial charge in [-0.3, -0.25) is 4.90 Å². The molecule has 1 unspecified atom stereocenters. The van der Waals surface area contributed by atoms with Gasteiger partial charge < -0.3 is 0 Å². The van der Waals surface area contributed by atoms with Crippen molar-refractivity contribution in [1.82, 2.24) is 4.90 Å². The van der Waals surface area contributed by atoms with Gasteiger partial charge in [-0.2, -0.15) is 0 Å². The molecule has 15 heavy (non-hydrogen) atoms. The highest BCUT2D eigenvalue weighted by Gasteiger charge is 2.22. The van der Waals surface area contributed by atoms with Gasteiger partial charge in [0, 0.05) is 18.1 Å². The summed E-state index contributed by atoms with van der Waals surface area (Å²) >= 11 is 0. The topological polar surface area (TPSA) is 3.24 Å².